The number of carbonyl (C=O) groups excluding carboxylic acids is 1. The first-order chi connectivity index (χ1) is 8.00. The van der Waals surface area contributed by atoms with Crippen LogP contribution in [0.5, 0.6) is 0 Å². The van der Waals surface area contributed by atoms with Crippen molar-refractivity contribution in [3.05, 3.63) is 53.6 Å². The maximum absolute atomic E-state index is 10.7. The molecule has 2 N–H and O–H groups in total. The average Bonchev–Trinajstić information content (AvgIpc) is 2.29. The number of carboxylic acids is 1. The Bertz CT molecular complexity index is 481. The number of carboxylic acid groups (broad SMARTS) is 1. The molecule has 0 bridgehead atoms. The number of aliphatic hydroxyl groups excluding tert-OH is 1. The highest BCUT2D eigenvalue weighted by Crippen LogP contribution is 2.12. The second-order valence-corrected chi connectivity index (χ2v) is 3.45. The summed E-state index contributed by atoms with van der Waals surface area (Å²) in [4.78, 5) is 20.9. The molecule has 0 fully saturated rings. The molecule has 0 atom stereocenters. The second kappa shape index (κ2) is 5.65. The van der Waals surface area contributed by atoms with Crippen molar-refractivity contribution in [2.75, 3.05) is 0 Å². The molecule has 4 heteroatoms. The summed E-state index contributed by atoms with van der Waals surface area (Å²) in [6, 6.07) is 7.14. The second-order valence-electron chi connectivity index (χ2n) is 3.45. The lowest BCUT2D eigenvalue weighted by atomic mass is 10.1. The van der Waals surface area contributed by atoms with Gasteiger partial charge in [-0.2, -0.15) is 0 Å². The molecule has 0 aliphatic carbocycles. The summed E-state index contributed by atoms with van der Waals surface area (Å²) < 4.78 is 0. The molecule has 0 unspecified atom stereocenters. The molecular weight excluding hydrogens is 220 g/mol. The number of allylic oxidation sites excluding steroid dienone is 2. The summed E-state index contributed by atoms with van der Waals surface area (Å²) in [5, 5.41) is 17.9. The van der Waals surface area contributed by atoms with Crippen molar-refractivity contribution >= 4 is 17.5 Å². The van der Waals surface area contributed by atoms with Gasteiger partial charge in [0.2, 0.25) is 0 Å². The normalized spacial score (nSPS) is 11.7. The molecule has 0 aliphatic heterocycles. The van der Waals surface area contributed by atoms with Gasteiger partial charge in [-0.15, -0.1) is 0 Å². The number of aliphatic hydroxyl groups is 1. The van der Waals surface area contributed by atoms with Crippen molar-refractivity contribution in [2.45, 2.75) is 6.92 Å². The summed E-state index contributed by atoms with van der Waals surface area (Å²) in [5.41, 5.74) is 1.67. The fraction of sp³-hybridized carbons (Fsp3) is 0.0769. The Morgan fingerprint density at radius 1 is 1.12 bits per heavy atom. The van der Waals surface area contributed by atoms with Crippen molar-refractivity contribution < 1.29 is 19.8 Å². The van der Waals surface area contributed by atoms with E-state index in [1.165, 1.54) is 12.2 Å². The molecule has 0 amide bonds. The highest BCUT2D eigenvalue weighted by Gasteiger charge is 2.04. The zero-order chi connectivity index (χ0) is 12.8. The zero-order valence-electron chi connectivity index (χ0n) is 9.25. The van der Waals surface area contributed by atoms with Crippen LogP contribution in [0, 0.1) is 6.92 Å². The lowest BCUT2D eigenvalue weighted by molar-refractivity contribution is -0.146. The summed E-state index contributed by atoms with van der Waals surface area (Å²) in [5.74, 6) is -2.58. The molecule has 0 saturated carbocycles. The van der Waals surface area contributed by atoms with E-state index in [0.717, 1.165) is 11.6 Å². The number of aliphatic carboxylic acids is 1. The molecule has 1 aromatic carbocycles. The monoisotopic (exact) mass is 232 g/mol. The summed E-state index contributed by atoms with van der Waals surface area (Å²) in [7, 11) is 0. The fourth-order valence-electron chi connectivity index (χ4n) is 1.12. The predicted octanol–water partition coefficient (Wildman–Crippen LogP) is 2.10. The van der Waals surface area contributed by atoms with E-state index in [2.05, 4.69) is 0 Å². The Morgan fingerprint density at radius 2 is 1.71 bits per heavy atom. The van der Waals surface area contributed by atoms with E-state index in [4.69, 9.17) is 5.11 Å². The van der Waals surface area contributed by atoms with E-state index in [1.54, 1.807) is 12.1 Å². The fourth-order valence-corrected chi connectivity index (χ4v) is 1.12. The number of hydrogen-bond donors (Lipinski definition) is 2. The molecule has 17 heavy (non-hydrogen) atoms. The number of benzene rings is 1. The van der Waals surface area contributed by atoms with Gasteiger partial charge >= 0.3 is 5.97 Å². The van der Waals surface area contributed by atoms with Crippen LogP contribution in [0.25, 0.3) is 5.76 Å². The van der Waals surface area contributed by atoms with Gasteiger partial charge in [-0.1, -0.05) is 35.9 Å². The molecule has 1 aromatic rings. The maximum atomic E-state index is 10.7. The minimum absolute atomic E-state index is 0.0283. The van der Waals surface area contributed by atoms with Crippen molar-refractivity contribution in [1.29, 1.82) is 0 Å². The van der Waals surface area contributed by atoms with Crippen LogP contribution in [0.15, 0.2) is 42.5 Å². The molecule has 0 heterocycles. The summed E-state index contributed by atoms with van der Waals surface area (Å²) >= 11 is 0. The molecular formula is C13H12O4. The Kier molecular flexibility index (Phi) is 4.22. The van der Waals surface area contributed by atoms with Crippen LogP contribution in [0.1, 0.15) is 11.1 Å². The molecule has 0 radical (unpaired) electrons. The van der Waals surface area contributed by atoms with Crippen molar-refractivity contribution in [3.63, 3.8) is 0 Å². The molecule has 0 spiro atoms. The minimum Gasteiger partial charge on any atom is -0.507 e. The number of carbonyl (C=O) groups is 2. The first-order valence-corrected chi connectivity index (χ1v) is 4.92. The van der Waals surface area contributed by atoms with Crippen LogP contribution in [-0.2, 0) is 9.59 Å². The number of rotatable bonds is 4. The van der Waals surface area contributed by atoms with E-state index in [9.17, 15) is 14.7 Å². The van der Waals surface area contributed by atoms with Gasteiger partial charge in [-0.25, -0.2) is 4.79 Å². The van der Waals surface area contributed by atoms with E-state index in [0.29, 0.717) is 5.56 Å². The average molecular weight is 232 g/mol. The smallest absolute Gasteiger partial charge is 0.376 e. The molecule has 0 aliphatic rings. The summed E-state index contributed by atoms with van der Waals surface area (Å²) in [6.45, 7) is 1.93. The predicted molar refractivity (Wildman–Crippen MR) is 63.6 cm³/mol. The third kappa shape index (κ3) is 3.95. The van der Waals surface area contributed by atoms with E-state index in [1.807, 2.05) is 19.1 Å². The Labute approximate surface area is 98.5 Å². The minimum atomic E-state index is -1.52. The van der Waals surface area contributed by atoms with Crippen molar-refractivity contribution in [1.82, 2.24) is 0 Å². The maximum Gasteiger partial charge on any atom is 0.376 e. The van der Waals surface area contributed by atoms with Gasteiger partial charge in [-0.3, -0.25) is 4.79 Å². The molecule has 0 saturated heterocycles. The van der Waals surface area contributed by atoms with Crippen LogP contribution in [0.3, 0.4) is 0 Å². The molecule has 4 nitrogen and oxygen atoms in total. The highest BCUT2D eigenvalue weighted by atomic mass is 16.4. The zero-order valence-corrected chi connectivity index (χ0v) is 9.25. The highest BCUT2D eigenvalue weighted by molar-refractivity contribution is 6.37. The van der Waals surface area contributed by atoms with Crippen molar-refractivity contribution in [2.24, 2.45) is 0 Å². The number of ketones is 1. The lowest BCUT2D eigenvalue weighted by Crippen LogP contribution is -2.08. The molecule has 1 rings (SSSR count). The van der Waals surface area contributed by atoms with Gasteiger partial charge in [0.1, 0.15) is 5.76 Å². The van der Waals surface area contributed by atoms with Crippen LogP contribution < -0.4 is 0 Å². The van der Waals surface area contributed by atoms with Crippen LogP contribution in [0.4, 0.5) is 0 Å². The van der Waals surface area contributed by atoms with Crippen molar-refractivity contribution in [3.8, 4) is 0 Å². The quantitative estimate of drug-likeness (QED) is 0.361. The first-order valence-electron chi connectivity index (χ1n) is 4.92. The summed E-state index contributed by atoms with van der Waals surface area (Å²) in [6.07, 6.45) is 3.35. The van der Waals surface area contributed by atoms with Gasteiger partial charge in [0.15, 0.2) is 0 Å². The largest absolute Gasteiger partial charge is 0.507 e. The van der Waals surface area contributed by atoms with E-state index in [-0.39, 0.29) is 5.76 Å². The van der Waals surface area contributed by atoms with Gasteiger partial charge < -0.3 is 10.2 Å². The SMILES string of the molecule is Cc1ccc(C(O)=CC=CC(=O)C(=O)O)cc1. The van der Waals surface area contributed by atoms with Gasteiger partial charge in [-0.05, 0) is 19.1 Å². The Morgan fingerprint density at radius 3 is 2.24 bits per heavy atom. The number of aryl methyl sites for hydroxylation is 1. The van der Waals surface area contributed by atoms with Crippen LogP contribution in [0.2, 0.25) is 0 Å². The standard InChI is InChI=1S/C13H12O4/c1-9-5-7-10(8-6-9)11(14)3-2-4-12(15)13(16)17/h2-8,14H,1H3,(H,16,17). The Hall–Kier alpha value is -2.36. The molecule has 88 valence electrons. The van der Waals surface area contributed by atoms with E-state index >= 15 is 0 Å². The van der Waals surface area contributed by atoms with Gasteiger partial charge in [0, 0.05) is 5.56 Å². The van der Waals surface area contributed by atoms with Gasteiger partial charge in [0.05, 0.1) is 0 Å². The first kappa shape index (κ1) is 12.7. The lowest BCUT2D eigenvalue weighted by Gasteiger charge is -1.99. The van der Waals surface area contributed by atoms with Crippen LogP contribution >= 0.6 is 0 Å². The van der Waals surface area contributed by atoms with Gasteiger partial charge in [0.25, 0.3) is 5.78 Å². The number of hydrogen-bond acceptors (Lipinski definition) is 3. The van der Waals surface area contributed by atoms with E-state index < -0.39 is 11.8 Å². The van der Waals surface area contributed by atoms with Crippen LogP contribution in [-0.4, -0.2) is 22.0 Å². The Balaban J connectivity index is 2.76. The molecule has 0 aromatic heterocycles. The topological polar surface area (TPSA) is 74.6 Å². The third-order valence-electron chi connectivity index (χ3n) is 2.06. The third-order valence-corrected chi connectivity index (χ3v) is 2.06.